The molecule has 2 aromatic carbocycles. The zero-order valence-electron chi connectivity index (χ0n) is 14.5. The van der Waals surface area contributed by atoms with E-state index in [1.54, 1.807) is 6.08 Å². The van der Waals surface area contributed by atoms with Crippen LogP contribution in [0.5, 0.6) is 11.5 Å². The summed E-state index contributed by atoms with van der Waals surface area (Å²) in [5, 5.41) is 0. The molecule has 1 heterocycles. The van der Waals surface area contributed by atoms with Gasteiger partial charge in [0.2, 0.25) is 0 Å². The zero-order valence-corrected chi connectivity index (χ0v) is 15.3. The van der Waals surface area contributed by atoms with Gasteiger partial charge in [0.15, 0.2) is 0 Å². The number of hydrogen-bond donors (Lipinski definition) is 1. The summed E-state index contributed by atoms with van der Waals surface area (Å²) >= 11 is -2.47. The average molecular weight is 409 g/mol. The number of ether oxygens (including phenoxy) is 1. The minimum absolute atomic E-state index is 0.0134. The highest BCUT2D eigenvalue weighted by molar-refractivity contribution is 7.79. The Kier molecular flexibility index (Phi) is 5.85. The molecule has 148 valence electrons. The van der Waals surface area contributed by atoms with Gasteiger partial charge in [0.1, 0.15) is 11.5 Å². The van der Waals surface area contributed by atoms with Gasteiger partial charge in [0.25, 0.3) is 0 Å². The maximum Gasteiger partial charge on any atom is 0.416 e. The predicted octanol–water partition coefficient (Wildman–Crippen LogP) is 4.27. The van der Waals surface area contributed by atoms with Gasteiger partial charge in [0, 0.05) is 28.4 Å². The van der Waals surface area contributed by atoms with Crippen LogP contribution in [0.15, 0.2) is 58.4 Å². The number of nitrogens with two attached hydrogens (primary N) is 1. The molecule has 1 atom stereocenters. The summed E-state index contributed by atoms with van der Waals surface area (Å²) in [7, 11) is 0. The molecule has 0 aliphatic carbocycles. The van der Waals surface area contributed by atoms with Crippen molar-refractivity contribution in [3.8, 4) is 11.5 Å². The monoisotopic (exact) mass is 409 g/mol. The molecule has 3 rings (SSSR count). The van der Waals surface area contributed by atoms with Gasteiger partial charge in [-0.25, -0.2) is 0 Å². The van der Waals surface area contributed by atoms with Crippen LogP contribution in [0.25, 0.3) is 5.70 Å². The molecule has 5 nitrogen and oxygen atoms in total. The number of aliphatic imine (C=N–C) groups is 1. The van der Waals surface area contributed by atoms with Crippen molar-refractivity contribution < 1.29 is 26.7 Å². The second kappa shape index (κ2) is 8.15. The minimum Gasteiger partial charge on any atom is -0.768 e. The molecule has 0 bridgehead atoms. The first-order valence-electron chi connectivity index (χ1n) is 8.33. The number of halogens is 3. The van der Waals surface area contributed by atoms with Crippen molar-refractivity contribution in [3.63, 3.8) is 0 Å². The molecule has 1 unspecified atom stereocenters. The number of hydrogen-bond acceptors (Lipinski definition) is 5. The summed E-state index contributed by atoms with van der Waals surface area (Å²) in [6.07, 6.45) is -1.11. The quantitative estimate of drug-likeness (QED) is 0.747. The van der Waals surface area contributed by atoms with Crippen LogP contribution in [0.2, 0.25) is 0 Å². The molecule has 1 aliphatic rings. The van der Waals surface area contributed by atoms with Crippen LogP contribution in [0.4, 0.5) is 13.2 Å². The highest BCUT2D eigenvalue weighted by atomic mass is 32.2. The second-order valence-corrected chi connectivity index (χ2v) is 7.03. The third kappa shape index (κ3) is 4.79. The van der Waals surface area contributed by atoms with Crippen LogP contribution >= 0.6 is 0 Å². The van der Waals surface area contributed by atoms with Crippen molar-refractivity contribution in [3.05, 3.63) is 59.7 Å². The summed E-state index contributed by atoms with van der Waals surface area (Å²) in [5.74, 6) is 0.387. The zero-order chi connectivity index (χ0) is 20.3. The summed E-state index contributed by atoms with van der Waals surface area (Å²) in [5.41, 5.74) is 6.71. The molecule has 0 fully saturated rings. The van der Waals surface area contributed by atoms with E-state index >= 15 is 0 Å². The van der Waals surface area contributed by atoms with Crippen molar-refractivity contribution in [2.24, 2.45) is 10.7 Å². The Hall–Kier alpha value is -2.65. The van der Waals surface area contributed by atoms with Gasteiger partial charge in [0.05, 0.1) is 5.56 Å². The van der Waals surface area contributed by atoms with Gasteiger partial charge in [-0.15, -0.1) is 0 Å². The summed E-state index contributed by atoms with van der Waals surface area (Å²) in [4.78, 5) is 4.31. The standard InChI is InChI=1S/C19H17F3N2O3S/c20-19(21,22)12-3-5-14(6-4-12)27-18-8-7-15(28(25)26)11-16(18)17(23)10-13-2-1-9-24-13/h3-8,10-11H,1-2,9,23H2,(H,25,26)/p-1. The van der Waals surface area contributed by atoms with E-state index in [0.717, 1.165) is 30.7 Å². The molecule has 0 amide bonds. The number of rotatable bonds is 5. The lowest BCUT2D eigenvalue weighted by atomic mass is 10.1. The molecule has 0 spiro atoms. The average Bonchev–Trinajstić information content (AvgIpc) is 3.14. The van der Waals surface area contributed by atoms with Gasteiger partial charge >= 0.3 is 6.18 Å². The Morgan fingerprint density at radius 2 is 1.93 bits per heavy atom. The smallest absolute Gasteiger partial charge is 0.416 e. The molecular weight excluding hydrogens is 393 g/mol. The first kappa shape index (κ1) is 20.1. The van der Waals surface area contributed by atoms with Crippen LogP contribution in [0.1, 0.15) is 24.0 Å². The van der Waals surface area contributed by atoms with Crippen LogP contribution in [0, 0.1) is 0 Å². The fraction of sp³-hybridized carbons (Fsp3) is 0.211. The van der Waals surface area contributed by atoms with Gasteiger partial charge in [-0.05, 0) is 72.5 Å². The lowest BCUT2D eigenvalue weighted by molar-refractivity contribution is -0.137. The number of benzene rings is 2. The first-order valence-corrected chi connectivity index (χ1v) is 9.41. The van der Waals surface area contributed by atoms with Crippen LogP contribution < -0.4 is 10.5 Å². The van der Waals surface area contributed by atoms with Crippen LogP contribution in [-0.4, -0.2) is 21.0 Å². The third-order valence-corrected chi connectivity index (χ3v) is 4.73. The largest absolute Gasteiger partial charge is 0.768 e. The normalized spacial score (nSPS) is 16.0. The van der Waals surface area contributed by atoms with Gasteiger partial charge in [-0.2, -0.15) is 13.2 Å². The van der Waals surface area contributed by atoms with E-state index in [1.165, 1.54) is 30.3 Å². The first-order chi connectivity index (χ1) is 13.2. The SMILES string of the molecule is NC(=CC1=NCCC1)c1cc(S(=O)[O-])ccc1Oc1ccc(C(F)(F)F)cc1. The van der Waals surface area contributed by atoms with E-state index in [2.05, 4.69) is 4.99 Å². The van der Waals surface area contributed by atoms with Crippen molar-refractivity contribution in [1.82, 2.24) is 0 Å². The van der Waals surface area contributed by atoms with E-state index in [-0.39, 0.29) is 22.1 Å². The van der Waals surface area contributed by atoms with E-state index < -0.39 is 22.8 Å². The van der Waals surface area contributed by atoms with Crippen molar-refractivity contribution in [2.75, 3.05) is 6.54 Å². The molecular formula is C19H16F3N2O3S-. The Balaban J connectivity index is 1.94. The summed E-state index contributed by atoms with van der Waals surface area (Å²) < 4.78 is 66.3. The molecule has 0 radical (unpaired) electrons. The maximum atomic E-state index is 12.7. The Morgan fingerprint density at radius 1 is 1.21 bits per heavy atom. The Morgan fingerprint density at radius 3 is 2.50 bits per heavy atom. The van der Waals surface area contributed by atoms with Gasteiger partial charge < -0.3 is 15.0 Å². The van der Waals surface area contributed by atoms with E-state index in [1.807, 2.05) is 0 Å². The van der Waals surface area contributed by atoms with E-state index in [9.17, 15) is 21.9 Å². The lowest BCUT2D eigenvalue weighted by Crippen LogP contribution is -2.05. The Labute approximate surface area is 162 Å². The van der Waals surface area contributed by atoms with Gasteiger partial charge in [-0.1, -0.05) is 0 Å². The van der Waals surface area contributed by atoms with Crippen molar-refractivity contribution in [2.45, 2.75) is 23.9 Å². The maximum absolute atomic E-state index is 12.7. The third-order valence-electron chi connectivity index (χ3n) is 4.09. The molecule has 0 saturated heterocycles. The van der Waals surface area contributed by atoms with E-state index in [4.69, 9.17) is 10.5 Å². The summed E-state index contributed by atoms with van der Waals surface area (Å²) in [6, 6.07) is 8.27. The molecule has 9 heteroatoms. The number of nitrogens with zero attached hydrogens (tertiary/aromatic N) is 1. The Bertz CT molecular complexity index is 954. The predicted molar refractivity (Wildman–Crippen MR) is 98.8 cm³/mol. The fourth-order valence-corrected chi connectivity index (χ4v) is 3.10. The lowest BCUT2D eigenvalue weighted by Gasteiger charge is -2.15. The van der Waals surface area contributed by atoms with Gasteiger partial charge in [-0.3, -0.25) is 9.20 Å². The minimum atomic E-state index is -4.45. The number of allylic oxidation sites excluding steroid dienone is 1. The molecule has 2 aromatic rings. The topological polar surface area (TPSA) is 87.7 Å². The van der Waals surface area contributed by atoms with E-state index in [0.29, 0.717) is 12.1 Å². The summed E-state index contributed by atoms with van der Waals surface area (Å²) in [6.45, 7) is 0.707. The van der Waals surface area contributed by atoms with Crippen LogP contribution in [-0.2, 0) is 17.3 Å². The molecule has 1 aliphatic heterocycles. The highest BCUT2D eigenvalue weighted by Crippen LogP contribution is 2.34. The van der Waals surface area contributed by atoms with Crippen molar-refractivity contribution >= 4 is 22.5 Å². The van der Waals surface area contributed by atoms with Crippen molar-refractivity contribution in [1.29, 1.82) is 0 Å². The molecule has 0 aromatic heterocycles. The number of alkyl halides is 3. The second-order valence-electron chi connectivity index (χ2n) is 6.09. The molecule has 28 heavy (non-hydrogen) atoms. The highest BCUT2D eigenvalue weighted by Gasteiger charge is 2.30. The fourth-order valence-electron chi connectivity index (χ4n) is 2.70. The molecule has 2 N–H and O–H groups in total. The molecule has 0 saturated carbocycles. The van der Waals surface area contributed by atoms with Crippen LogP contribution in [0.3, 0.4) is 0 Å².